The van der Waals surface area contributed by atoms with Gasteiger partial charge in [0, 0.05) is 30.6 Å². The van der Waals surface area contributed by atoms with Crippen molar-refractivity contribution in [1.82, 2.24) is 15.3 Å². The van der Waals surface area contributed by atoms with Crippen molar-refractivity contribution in [3.8, 4) is 0 Å². The lowest BCUT2D eigenvalue weighted by Crippen LogP contribution is -2.21. The molecule has 2 unspecified atom stereocenters. The van der Waals surface area contributed by atoms with Gasteiger partial charge in [0.1, 0.15) is 6.10 Å². The van der Waals surface area contributed by atoms with Gasteiger partial charge in [-0.25, -0.2) is 9.97 Å². The van der Waals surface area contributed by atoms with Gasteiger partial charge in [0.2, 0.25) is 0 Å². The van der Waals surface area contributed by atoms with Gasteiger partial charge in [-0.05, 0) is 33.7 Å². The van der Waals surface area contributed by atoms with Crippen LogP contribution in [0.1, 0.15) is 56.4 Å². The maximum absolute atomic E-state index is 5.22. The Kier molecular flexibility index (Phi) is 5.51. The second-order valence-electron chi connectivity index (χ2n) is 4.32. The van der Waals surface area contributed by atoms with Crippen molar-refractivity contribution in [3.05, 3.63) is 23.3 Å². The molecule has 1 N–H and O–H groups in total. The van der Waals surface area contributed by atoms with Crippen LogP contribution in [-0.2, 0) is 4.74 Å². The van der Waals surface area contributed by atoms with Crippen molar-refractivity contribution >= 4 is 0 Å². The second kappa shape index (κ2) is 6.67. The molecule has 0 saturated heterocycles. The molecule has 0 amide bonds. The minimum Gasteiger partial charge on any atom is -0.374 e. The van der Waals surface area contributed by atoms with E-state index in [0.29, 0.717) is 6.04 Å². The average Bonchev–Trinajstić information content (AvgIpc) is 2.34. The highest BCUT2D eigenvalue weighted by atomic mass is 16.5. The predicted molar refractivity (Wildman–Crippen MR) is 68.9 cm³/mol. The maximum Gasteiger partial charge on any atom is 0.157 e. The molecule has 17 heavy (non-hydrogen) atoms. The second-order valence-corrected chi connectivity index (χ2v) is 4.32. The van der Waals surface area contributed by atoms with Gasteiger partial charge in [-0.15, -0.1) is 0 Å². The molecule has 0 saturated carbocycles. The fourth-order valence-electron chi connectivity index (χ4n) is 1.69. The fourth-order valence-corrected chi connectivity index (χ4v) is 1.69. The Balaban J connectivity index is 2.82. The summed E-state index contributed by atoms with van der Waals surface area (Å²) in [5.74, 6) is 0.747. The van der Waals surface area contributed by atoms with Crippen LogP contribution in [-0.4, -0.2) is 23.6 Å². The van der Waals surface area contributed by atoms with Gasteiger partial charge in [-0.1, -0.05) is 6.92 Å². The minimum atomic E-state index is -0.0540. The molecule has 0 aliphatic heterocycles. The highest BCUT2D eigenvalue weighted by Gasteiger charge is 2.13. The van der Waals surface area contributed by atoms with Crippen molar-refractivity contribution in [1.29, 1.82) is 0 Å². The number of aryl methyl sites for hydroxylation is 1. The Hall–Kier alpha value is -1.00. The van der Waals surface area contributed by atoms with Gasteiger partial charge in [-0.3, -0.25) is 0 Å². The van der Waals surface area contributed by atoms with E-state index in [0.717, 1.165) is 30.0 Å². The highest BCUT2D eigenvalue weighted by Crippen LogP contribution is 2.17. The number of nitrogens with zero attached hydrogens (tertiary/aromatic N) is 2. The molecule has 96 valence electrons. The largest absolute Gasteiger partial charge is 0.374 e. The summed E-state index contributed by atoms with van der Waals surface area (Å²) >= 11 is 0. The summed E-state index contributed by atoms with van der Waals surface area (Å²) in [4.78, 5) is 8.86. The molecule has 0 aliphatic carbocycles. The molecular weight excluding hydrogens is 214 g/mol. The molecule has 0 radical (unpaired) electrons. The third-order valence-electron chi connectivity index (χ3n) is 2.92. The molecule has 0 spiro atoms. The number of methoxy groups -OCH3 is 1. The summed E-state index contributed by atoms with van der Waals surface area (Å²) in [6.45, 7) is 9.28. The molecule has 0 aliphatic rings. The molecule has 1 rings (SSSR count). The van der Waals surface area contributed by atoms with Crippen LogP contribution in [0.3, 0.4) is 0 Å². The predicted octanol–water partition coefficient (Wildman–Crippen LogP) is 2.55. The van der Waals surface area contributed by atoms with Gasteiger partial charge in [-0.2, -0.15) is 0 Å². The Labute approximate surface area is 104 Å². The Morgan fingerprint density at radius 3 is 2.65 bits per heavy atom. The van der Waals surface area contributed by atoms with Crippen molar-refractivity contribution in [2.75, 3.05) is 13.7 Å². The lowest BCUT2D eigenvalue weighted by atomic mass is 10.1. The number of aromatic nitrogens is 2. The molecule has 1 aromatic rings. The molecule has 0 aromatic carbocycles. The Morgan fingerprint density at radius 2 is 2.12 bits per heavy atom. The van der Waals surface area contributed by atoms with E-state index < -0.39 is 0 Å². The summed E-state index contributed by atoms with van der Waals surface area (Å²) in [7, 11) is 1.67. The molecule has 0 bridgehead atoms. The monoisotopic (exact) mass is 237 g/mol. The van der Waals surface area contributed by atoms with Gasteiger partial charge in [0.05, 0.1) is 0 Å². The smallest absolute Gasteiger partial charge is 0.157 e. The molecule has 1 heterocycles. The van der Waals surface area contributed by atoms with E-state index >= 15 is 0 Å². The molecular formula is C13H23N3O. The SMILES string of the molecule is CCCNC(C)c1cnc(C(C)OC)nc1C. The summed E-state index contributed by atoms with van der Waals surface area (Å²) in [5, 5.41) is 3.44. The topological polar surface area (TPSA) is 47.0 Å². The van der Waals surface area contributed by atoms with Crippen LogP contribution in [0, 0.1) is 6.92 Å². The number of rotatable bonds is 6. The molecule has 2 atom stereocenters. The summed E-state index contributed by atoms with van der Waals surface area (Å²) in [6, 6.07) is 0.293. The van der Waals surface area contributed by atoms with Gasteiger partial charge in [0.15, 0.2) is 5.82 Å². The standard InChI is InChI=1S/C13H23N3O/c1-6-7-14-9(2)12-8-15-13(11(4)17-5)16-10(12)3/h8-9,11,14H,6-7H2,1-5H3. The van der Waals surface area contributed by atoms with Crippen LogP contribution in [0.5, 0.6) is 0 Å². The van der Waals surface area contributed by atoms with Crippen LogP contribution in [0.25, 0.3) is 0 Å². The summed E-state index contributed by atoms with van der Waals surface area (Å²) in [6.07, 6.45) is 2.98. The van der Waals surface area contributed by atoms with Crippen LogP contribution < -0.4 is 5.32 Å². The lowest BCUT2D eigenvalue weighted by molar-refractivity contribution is 0.112. The molecule has 4 heteroatoms. The first kappa shape index (κ1) is 14.1. The van der Waals surface area contributed by atoms with Crippen LogP contribution in [0.15, 0.2) is 6.20 Å². The van der Waals surface area contributed by atoms with Gasteiger partial charge >= 0.3 is 0 Å². The summed E-state index contributed by atoms with van der Waals surface area (Å²) < 4.78 is 5.22. The van der Waals surface area contributed by atoms with Gasteiger partial charge < -0.3 is 10.1 Å². The van der Waals surface area contributed by atoms with E-state index in [1.165, 1.54) is 0 Å². The molecule has 1 aromatic heterocycles. The zero-order valence-corrected chi connectivity index (χ0v) is 11.4. The zero-order chi connectivity index (χ0) is 12.8. The zero-order valence-electron chi connectivity index (χ0n) is 11.4. The van der Waals surface area contributed by atoms with Crippen molar-refractivity contribution in [2.45, 2.75) is 46.3 Å². The van der Waals surface area contributed by atoms with E-state index in [-0.39, 0.29) is 6.10 Å². The first-order chi connectivity index (χ1) is 8.10. The van der Waals surface area contributed by atoms with E-state index in [2.05, 4.69) is 29.1 Å². The number of hydrogen-bond acceptors (Lipinski definition) is 4. The quantitative estimate of drug-likeness (QED) is 0.826. The van der Waals surface area contributed by atoms with Crippen molar-refractivity contribution < 1.29 is 4.74 Å². The Morgan fingerprint density at radius 1 is 1.41 bits per heavy atom. The average molecular weight is 237 g/mol. The van der Waals surface area contributed by atoms with Crippen LogP contribution in [0.2, 0.25) is 0 Å². The van der Waals surface area contributed by atoms with E-state index in [4.69, 9.17) is 4.74 Å². The first-order valence-corrected chi connectivity index (χ1v) is 6.19. The van der Waals surface area contributed by atoms with Crippen molar-refractivity contribution in [2.24, 2.45) is 0 Å². The van der Waals surface area contributed by atoms with E-state index in [1.807, 2.05) is 20.0 Å². The third-order valence-corrected chi connectivity index (χ3v) is 2.92. The molecule has 0 fully saturated rings. The third kappa shape index (κ3) is 3.75. The van der Waals surface area contributed by atoms with Crippen LogP contribution in [0.4, 0.5) is 0 Å². The van der Waals surface area contributed by atoms with E-state index in [9.17, 15) is 0 Å². The Bertz CT molecular complexity index is 355. The van der Waals surface area contributed by atoms with E-state index in [1.54, 1.807) is 7.11 Å². The minimum absolute atomic E-state index is 0.0540. The lowest BCUT2D eigenvalue weighted by Gasteiger charge is -2.16. The first-order valence-electron chi connectivity index (χ1n) is 6.19. The molecule has 4 nitrogen and oxygen atoms in total. The van der Waals surface area contributed by atoms with Crippen molar-refractivity contribution in [3.63, 3.8) is 0 Å². The number of hydrogen-bond donors (Lipinski definition) is 1. The summed E-state index contributed by atoms with van der Waals surface area (Å²) in [5.41, 5.74) is 2.18. The number of ether oxygens (including phenoxy) is 1. The highest BCUT2D eigenvalue weighted by molar-refractivity contribution is 5.20. The maximum atomic E-state index is 5.22. The normalized spacial score (nSPS) is 14.6. The number of nitrogens with one attached hydrogen (secondary N) is 1. The van der Waals surface area contributed by atoms with Gasteiger partial charge in [0.25, 0.3) is 0 Å². The fraction of sp³-hybridized carbons (Fsp3) is 0.692. The van der Waals surface area contributed by atoms with Crippen LogP contribution >= 0.6 is 0 Å².